The van der Waals surface area contributed by atoms with Crippen LogP contribution in [0.3, 0.4) is 0 Å². The van der Waals surface area contributed by atoms with Crippen LogP contribution < -0.4 is 21.8 Å². The van der Waals surface area contributed by atoms with E-state index in [1.165, 1.54) is 14.1 Å². The largest absolute Gasteiger partial charge is 0.295 e. The molecule has 1 aromatic heterocycles. The zero-order valence-electron chi connectivity index (χ0n) is 8.81. The third kappa shape index (κ3) is 1.43. The van der Waals surface area contributed by atoms with Crippen molar-refractivity contribution in [3.8, 4) is 12.1 Å². The van der Waals surface area contributed by atoms with Gasteiger partial charge in [-0.1, -0.05) is 6.58 Å². The van der Waals surface area contributed by atoms with E-state index in [9.17, 15) is 9.59 Å². The maximum atomic E-state index is 11.6. The van der Waals surface area contributed by atoms with Crippen molar-refractivity contribution in [2.75, 3.05) is 0 Å². The van der Waals surface area contributed by atoms with Gasteiger partial charge >= 0.3 is 0 Å². The zero-order chi connectivity index (χ0) is 12.5. The van der Waals surface area contributed by atoms with Gasteiger partial charge in [0.1, 0.15) is 17.6 Å². The van der Waals surface area contributed by atoms with Gasteiger partial charge in [0.2, 0.25) is 0 Å². The highest BCUT2D eigenvalue weighted by molar-refractivity contribution is 5.70. The topological polar surface area (TPSA) is 91.6 Å². The minimum atomic E-state index is -0.610. The van der Waals surface area contributed by atoms with Crippen molar-refractivity contribution in [2.45, 2.75) is 0 Å². The summed E-state index contributed by atoms with van der Waals surface area (Å²) in [7, 11) is 2.75. The molecule has 0 amide bonds. The second-order valence-corrected chi connectivity index (χ2v) is 3.13. The number of hydrogen-bond acceptors (Lipinski definition) is 4. The van der Waals surface area contributed by atoms with Crippen LogP contribution in [-0.2, 0) is 14.1 Å². The van der Waals surface area contributed by atoms with E-state index in [-0.39, 0.29) is 16.3 Å². The van der Waals surface area contributed by atoms with Crippen LogP contribution in [0.1, 0.15) is 0 Å². The Bertz CT molecular complexity index is 693. The molecule has 0 aliphatic carbocycles. The fraction of sp³-hybridized carbons (Fsp3) is 0.200. The molecule has 1 heterocycles. The van der Waals surface area contributed by atoms with Gasteiger partial charge in [0.25, 0.3) is 11.1 Å². The van der Waals surface area contributed by atoms with Gasteiger partial charge in [0.15, 0.2) is 5.57 Å². The van der Waals surface area contributed by atoms with Crippen molar-refractivity contribution >= 4 is 12.2 Å². The molecule has 6 heteroatoms. The number of nitrogens with zero attached hydrogens (tertiary/aromatic N) is 4. The molecule has 0 saturated heterocycles. The number of aromatic nitrogens is 2. The molecule has 0 atom stereocenters. The molecule has 0 bridgehead atoms. The Morgan fingerprint density at radius 1 is 1.12 bits per heavy atom. The third-order valence-corrected chi connectivity index (χ3v) is 2.21. The molecule has 1 aromatic rings. The van der Waals surface area contributed by atoms with E-state index in [1.54, 1.807) is 12.1 Å². The Balaban J connectivity index is 4.31. The molecule has 0 fully saturated rings. The van der Waals surface area contributed by atoms with E-state index in [0.29, 0.717) is 0 Å². The predicted octanol–water partition coefficient (Wildman–Crippen LogP) is -2.31. The number of nitriles is 2. The average Bonchev–Trinajstić information content (AvgIpc) is 2.29. The maximum absolute atomic E-state index is 11.6. The molecule has 16 heavy (non-hydrogen) atoms. The Labute approximate surface area is 90.2 Å². The second-order valence-electron chi connectivity index (χ2n) is 3.13. The van der Waals surface area contributed by atoms with E-state index < -0.39 is 11.1 Å². The molecule has 1 rings (SSSR count). The maximum Gasteiger partial charge on any atom is 0.264 e. The van der Waals surface area contributed by atoms with Gasteiger partial charge in [-0.25, -0.2) is 0 Å². The summed E-state index contributed by atoms with van der Waals surface area (Å²) in [5.74, 6) is 0. The molecule has 0 radical (unpaired) electrons. The van der Waals surface area contributed by atoms with E-state index in [4.69, 9.17) is 10.5 Å². The zero-order valence-corrected chi connectivity index (χ0v) is 8.81. The standard InChI is InChI=1S/C10H8N4O2/c1-6-9(15)13(2)8(7(4-11)5-12)14(3)10(6)16/h1H2,2-3H3. The van der Waals surface area contributed by atoms with Gasteiger partial charge in [-0.05, 0) is 0 Å². The normalized spacial score (nSPS) is 9.25. The van der Waals surface area contributed by atoms with E-state index in [2.05, 4.69) is 6.58 Å². The van der Waals surface area contributed by atoms with Gasteiger partial charge in [0.05, 0.1) is 5.22 Å². The molecule has 0 spiro atoms. The van der Waals surface area contributed by atoms with Crippen molar-refractivity contribution in [1.82, 2.24) is 9.13 Å². The van der Waals surface area contributed by atoms with Crippen molar-refractivity contribution in [1.29, 1.82) is 10.5 Å². The van der Waals surface area contributed by atoms with Crippen LogP contribution in [0.15, 0.2) is 9.59 Å². The summed E-state index contributed by atoms with van der Waals surface area (Å²) in [5.41, 5.74) is -1.53. The van der Waals surface area contributed by atoms with Crippen LogP contribution in [0.2, 0.25) is 0 Å². The van der Waals surface area contributed by atoms with E-state index in [1.807, 2.05) is 0 Å². The lowest BCUT2D eigenvalue weighted by atomic mass is 10.3. The second kappa shape index (κ2) is 3.87. The van der Waals surface area contributed by atoms with Crippen molar-refractivity contribution < 1.29 is 0 Å². The SMILES string of the molecule is C=c1c(=O)n(C)c(=C(C#N)C#N)n(C)c1=O. The van der Waals surface area contributed by atoms with Crippen LogP contribution in [-0.4, -0.2) is 9.13 Å². The molecule has 0 saturated carbocycles. The van der Waals surface area contributed by atoms with Gasteiger partial charge in [0, 0.05) is 14.1 Å². The minimum Gasteiger partial charge on any atom is -0.295 e. The average molecular weight is 216 g/mol. The molecule has 0 unspecified atom stereocenters. The van der Waals surface area contributed by atoms with Crippen LogP contribution in [0.4, 0.5) is 0 Å². The van der Waals surface area contributed by atoms with Crippen LogP contribution >= 0.6 is 0 Å². The van der Waals surface area contributed by atoms with E-state index in [0.717, 1.165) is 9.13 Å². The quantitative estimate of drug-likeness (QED) is 0.487. The first-order valence-corrected chi connectivity index (χ1v) is 4.25. The molecule has 80 valence electrons. The Morgan fingerprint density at radius 3 is 1.81 bits per heavy atom. The van der Waals surface area contributed by atoms with Gasteiger partial charge in [-0.15, -0.1) is 0 Å². The summed E-state index contributed by atoms with van der Waals surface area (Å²) < 4.78 is 2.12. The first-order valence-electron chi connectivity index (χ1n) is 4.25. The van der Waals surface area contributed by atoms with Crippen molar-refractivity contribution in [3.63, 3.8) is 0 Å². The predicted molar refractivity (Wildman–Crippen MR) is 56.3 cm³/mol. The molecule has 0 aliphatic rings. The molecule has 0 N–H and O–H groups in total. The summed E-state index contributed by atoms with van der Waals surface area (Å²) in [6, 6.07) is 3.28. The number of rotatable bonds is 0. The summed E-state index contributed by atoms with van der Waals surface area (Å²) in [5, 5.41) is 17.3. The Hall–Kier alpha value is -2.60. The lowest BCUT2D eigenvalue weighted by molar-refractivity contribution is 0.662. The first kappa shape index (κ1) is 11.5. The fourth-order valence-corrected chi connectivity index (χ4v) is 1.37. The van der Waals surface area contributed by atoms with Gasteiger partial charge < -0.3 is 0 Å². The van der Waals surface area contributed by atoms with Crippen LogP contribution in [0.25, 0.3) is 12.2 Å². The first-order chi connectivity index (χ1) is 7.45. The highest BCUT2D eigenvalue weighted by atomic mass is 16.1. The monoisotopic (exact) mass is 216 g/mol. The molecule has 6 nitrogen and oxygen atoms in total. The van der Waals surface area contributed by atoms with Crippen molar-refractivity contribution in [3.05, 3.63) is 31.4 Å². The van der Waals surface area contributed by atoms with Crippen LogP contribution in [0, 0.1) is 22.7 Å². The number of hydrogen-bond donors (Lipinski definition) is 0. The van der Waals surface area contributed by atoms with Gasteiger partial charge in [-0.3, -0.25) is 18.7 Å². The molecular weight excluding hydrogens is 208 g/mol. The smallest absolute Gasteiger partial charge is 0.264 e. The fourth-order valence-electron chi connectivity index (χ4n) is 1.37. The highest BCUT2D eigenvalue weighted by Crippen LogP contribution is 1.82. The summed E-state index contributed by atoms with van der Waals surface area (Å²) >= 11 is 0. The minimum absolute atomic E-state index is 0.0209. The van der Waals surface area contributed by atoms with Crippen molar-refractivity contribution in [2.24, 2.45) is 14.1 Å². The molecule has 0 aliphatic heterocycles. The lowest BCUT2D eigenvalue weighted by Gasteiger charge is -2.04. The van der Waals surface area contributed by atoms with E-state index >= 15 is 0 Å². The summed E-state index contributed by atoms with van der Waals surface area (Å²) in [6.45, 7) is 3.35. The highest BCUT2D eigenvalue weighted by Gasteiger charge is 2.07. The van der Waals surface area contributed by atoms with Crippen LogP contribution in [0.5, 0.6) is 0 Å². The third-order valence-electron chi connectivity index (χ3n) is 2.21. The summed E-state index contributed by atoms with van der Waals surface area (Å²) in [6.07, 6.45) is 0. The Kier molecular flexibility index (Phi) is 2.78. The van der Waals surface area contributed by atoms with Gasteiger partial charge in [-0.2, -0.15) is 10.5 Å². The lowest BCUT2D eigenvalue weighted by Crippen LogP contribution is -2.56. The molecule has 0 aromatic carbocycles. The Morgan fingerprint density at radius 2 is 1.50 bits per heavy atom. The molecular formula is C10H8N4O2. The summed E-state index contributed by atoms with van der Waals surface area (Å²) in [4.78, 5) is 23.1.